The molecule has 0 atom stereocenters. The van der Waals surface area contributed by atoms with Crippen LogP contribution in [-0.2, 0) is 53.4 Å². The Balaban J connectivity index is 0.00000270. The van der Waals surface area contributed by atoms with Gasteiger partial charge >= 0.3 is 51.0 Å². The van der Waals surface area contributed by atoms with Crippen molar-refractivity contribution < 1.29 is 19.6 Å². The molecule has 0 aromatic heterocycles. The van der Waals surface area contributed by atoms with E-state index in [9.17, 15) is 5.53 Å². The molecule has 77 heavy (non-hydrogen) atoms. The van der Waals surface area contributed by atoms with Crippen molar-refractivity contribution in [3.63, 3.8) is 0 Å². The Labute approximate surface area is 486 Å². The van der Waals surface area contributed by atoms with Gasteiger partial charge in [0.15, 0.2) is 0 Å². The van der Waals surface area contributed by atoms with Gasteiger partial charge in [-0.25, -0.2) is 4.70 Å². The predicted molar refractivity (Wildman–Crippen MR) is 339 cm³/mol. The standard InChI is InChI=1S/C68H112N2.2C2H6N.Ni/c1-9-17-22-26-27-28-29-30-31-32-33-34-35-36-37-38-39-40-44-52-66-65(50-21-13-5)67(61-53-57(45-14-6)63(47-16-8)58(54-61)46-15-7)70(69)68(66)62-55-59(48-41-23-18-10-2)64(51-43-25-20-12-4)60(56-62)49-42-24-19-11-3;2*1-3-2;/h53-56H,9-43,45-51H2,1-8H3;2*1-2H3;/q;2*-1;+2. The van der Waals surface area contributed by atoms with Crippen LogP contribution >= 0.6 is 0 Å². The number of nitrogens with zero attached hydrogens (tertiary/aromatic N) is 4. The summed E-state index contributed by atoms with van der Waals surface area (Å²) in [6, 6.07) is 10.0. The zero-order valence-electron chi connectivity index (χ0n) is 53.1. The number of hydrogen-bond acceptors (Lipinski definition) is 2. The molecule has 0 amide bonds. The number of rotatable bonds is 45. The number of unbranched alkanes of at least 4 members (excludes halogenated alkanes) is 27. The van der Waals surface area contributed by atoms with Gasteiger partial charge in [0.2, 0.25) is 11.4 Å². The molecule has 1 aliphatic heterocycles. The zero-order chi connectivity index (χ0) is 56.3. The summed E-state index contributed by atoms with van der Waals surface area (Å²) >= 11 is 1.51. The Morgan fingerprint density at radius 3 is 1.08 bits per heavy atom. The summed E-state index contributed by atoms with van der Waals surface area (Å²) in [6.07, 6.45) is 53.1. The van der Waals surface area contributed by atoms with Crippen molar-refractivity contribution in [2.45, 2.75) is 325 Å². The maximum absolute atomic E-state index is 13.1. The average molecular weight is 1100 g/mol. The molecule has 442 valence electrons. The van der Waals surface area contributed by atoms with Crippen LogP contribution in [0.3, 0.4) is 0 Å². The van der Waals surface area contributed by atoms with Crippen molar-refractivity contribution in [1.29, 1.82) is 0 Å². The molecule has 0 fully saturated rings. The van der Waals surface area contributed by atoms with Crippen LogP contribution in [0.15, 0.2) is 35.4 Å². The summed E-state index contributed by atoms with van der Waals surface area (Å²) in [6.45, 7) is 18.6. The first kappa shape index (κ1) is 70.6. The van der Waals surface area contributed by atoms with Gasteiger partial charge < -0.3 is 5.53 Å². The Kier molecular flexibility index (Phi) is 42.3. The van der Waals surface area contributed by atoms with Crippen molar-refractivity contribution in [2.75, 3.05) is 28.2 Å². The van der Waals surface area contributed by atoms with E-state index in [4.69, 9.17) is 0 Å². The van der Waals surface area contributed by atoms with E-state index in [1.807, 2.05) is 28.2 Å². The fourth-order valence-electron chi connectivity index (χ4n) is 11.6. The van der Waals surface area contributed by atoms with Gasteiger partial charge in [-0.15, -0.1) is 0 Å². The van der Waals surface area contributed by atoms with E-state index in [1.165, 1.54) is 240 Å². The van der Waals surface area contributed by atoms with Crippen LogP contribution in [0.4, 0.5) is 0 Å². The Morgan fingerprint density at radius 1 is 0.364 bits per heavy atom. The fraction of sp³-hybridized carbons (Fsp3) is 0.750. The van der Waals surface area contributed by atoms with Gasteiger partial charge in [-0.05, 0) is 135 Å². The molecule has 1 heterocycles. The van der Waals surface area contributed by atoms with Gasteiger partial charge in [-0.2, -0.15) is 0 Å². The van der Waals surface area contributed by atoms with Crippen molar-refractivity contribution in [3.05, 3.63) is 85.5 Å². The molecule has 4 nitrogen and oxygen atoms in total. The van der Waals surface area contributed by atoms with Crippen molar-refractivity contribution in [1.82, 2.24) is 7.96 Å². The molecule has 0 aliphatic carbocycles. The van der Waals surface area contributed by atoms with Gasteiger partial charge in [0, 0.05) is 23.1 Å². The first-order valence-corrected chi connectivity index (χ1v) is 34.1. The van der Waals surface area contributed by atoms with E-state index < -0.39 is 0 Å². The second-order valence-electron chi connectivity index (χ2n) is 23.4. The van der Waals surface area contributed by atoms with E-state index in [0.29, 0.717) is 0 Å². The Hall–Kier alpha value is -2.51. The third-order valence-electron chi connectivity index (χ3n) is 15.7. The number of benzene rings is 2. The predicted octanol–water partition coefficient (Wildman–Crippen LogP) is 22.3. The molecule has 0 saturated carbocycles. The van der Waals surface area contributed by atoms with Gasteiger partial charge in [-0.1, -0.05) is 253 Å². The molecular weight excluding hydrogens is 980 g/mol. The molecule has 0 radical (unpaired) electrons. The molecule has 0 bridgehead atoms. The van der Waals surface area contributed by atoms with Crippen LogP contribution in [0.2, 0.25) is 0 Å². The first-order chi connectivity index (χ1) is 37.6. The maximum atomic E-state index is 13.1. The third-order valence-corrected chi connectivity index (χ3v) is 16.5. The molecule has 2 aromatic rings. The summed E-state index contributed by atoms with van der Waals surface area (Å²) < 4.78 is 5.78. The monoisotopic (exact) mass is 1100 g/mol. The Morgan fingerprint density at radius 2 is 0.701 bits per heavy atom. The van der Waals surface area contributed by atoms with E-state index >= 15 is 0 Å². The van der Waals surface area contributed by atoms with Crippen LogP contribution < -0.4 is 0 Å². The van der Waals surface area contributed by atoms with E-state index in [0.717, 1.165) is 100 Å². The minimum absolute atomic E-state index is 0.923. The van der Waals surface area contributed by atoms with Crippen LogP contribution in [0.5, 0.6) is 0 Å². The summed E-state index contributed by atoms with van der Waals surface area (Å²) in [7, 11) is 8.11. The van der Waals surface area contributed by atoms with Crippen LogP contribution in [-0.4, -0.2) is 40.8 Å². The molecule has 5 heteroatoms. The van der Waals surface area contributed by atoms with E-state index in [-0.39, 0.29) is 0 Å². The molecule has 0 spiro atoms. The number of allylic oxidation sites excluding steroid dienone is 2. The number of aryl methyl sites for hydroxylation is 4. The van der Waals surface area contributed by atoms with Crippen LogP contribution in [0.25, 0.3) is 16.9 Å². The molecule has 2 aromatic carbocycles. The fourth-order valence-corrected chi connectivity index (χ4v) is 12.4. The quantitative estimate of drug-likeness (QED) is 0.0286. The zero-order valence-corrected chi connectivity index (χ0v) is 54.1. The first-order valence-electron chi connectivity index (χ1n) is 33.3. The van der Waals surface area contributed by atoms with Crippen molar-refractivity contribution in [3.8, 4) is 11.8 Å². The third kappa shape index (κ3) is 29.2. The summed E-state index contributed by atoms with van der Waals surface area (Å²) in [5.74, 6) is 7.64. The van der Waals surface area contributed by atoms with Gasteiger partial charge in [0.1, 0.15) is 5.57 Å². The SMILES string of the molecule is CCCCCCCCCCCCCCCCCCCC#CC1=C(c2cc(CCCCCC)c(CCCCCC)c(CCCCCC)c2)[N+](=[N-])C(c2cc(CCC)c(CCC)c(CCC)c2)=C1CCCC.C[N](C)[Ni][N](C)C. The molecule has 1 aliphatic rings. The Bertz CT molecular complexity index is 1910. The molecule has 3 rings (SSSR count). The van der Waals surface area contributed by atoms with Crippen molar-refractivity contribution in [2.24, 2.45) is 0 Å². The van der Waals surface area contributed by atoms with E-state index in [1.54, 1.807) is 15.8 Å². The molecule has 0 unspecified atom stereocenters. The van der Waals surface area contributed by atoms with E-state index in [2.05, 4.69) is 99.5 Å². The number of hydrogen-bond donors (Lipinski definition) is 0. The molecule has 0 N–H and O–H groups in total. The van der Waals surface area contributed by atoms with Gasteiger partial charge in [0.25, 0.3) is 0 Å². The van der Waals surface area contributed by atoms with Crippen LogP contribution in [0.1, 0.15) is 331 Å². The molecule has 0 saturated heterocycles. The van der Waals surface area contributed by atoms with Crippen LogP contribution in [0, 0.1) is 11.8 Å². The van der Waals surface area contributed by atoms with Crippen molar-refractivity contribution >= 4 is 11.4 Å². The van der Waals surface area contributed by atoms with Gasteiger partial charge in [0.05, 0.1) is 0 Å². The second-order valence-corrected chi connectivity index (χ2v) is 25.4. The topological polar surface area (TPSA) is 31.8 Å². The summed E-state index contributed by atoms with van der Waals surface area (Å²) in [4.78, 5) is 0. The normalized spacial score (nSPS) is 12.7. The average Bonchev–Trinajstić information content (AvgIpc) is 3.76. The van der Waals surface area contributed by atoms with Gasteiger partial charge in [-0.3, -0.25) is 0 Å². The summed E-state index contributed by atoms with van der Waals surface area (Å²) in [5, 5.41) is 0. The molecular formula is C72H124N4Ni. The summed E-state index contributed by atoms with van der Waals surface area (Å²) in [5.41, 5.74) is 29.0. The second kappa shape index (κ2) is 46.1. The minimum atomic E-state index is 0.923.